The van der Waals surface area contributed by atoms with Crippen molar-refractivity contribution in [1.29, 1.82) is 5.26 Å². The molecule has 0 aromatic carbocycles. The minimum Gasteiger partial charge on any atom is -0.339 e. The lowest BCUT2D eigenvalue weighted by atomic mass is 10.1. The van der Waals surface area contributed by atoms with E-state index >= 15 is 0 Å². The fourth-order valence-corrected chi connectivity index (χ4v) is 1.98. The Kier molecular flexibility index (Phi) is 4.35. The summed E-state index contributed by atoms with van der Waals surface area (Å²) in [4.78, 5) is 8.33. The second kappa shape index (κ2) is 6.00. The smallest absolute Gasteiger partial charge is 0.229 e. The van der Waals surface area contributed by atoms with Crippen LogP contribution in [0.4, 0.5) is 0 Å². The predicted molar refractivity (Wildman–Crippen MR) is 70.8 cm³/mol. The second-order valence-corrected chi connectivity index (χ2v) is 4.88. The number of aromatic nitrogens is 3. The van der Waals surface area contributed by atoms with Crippen molar-refractivity contribution in [1.82, 2.24) is 15.1 Å². The third kappa shape index (κ3) is 3.22. The molecule has 98 valence electrons. The van der Waals surface area contributed by atoms with Gasteiger partial charge in [-0.05, 0) is 12.5 Å². The Bertz CT molecular complexity index is 620. The monoisotopic (exact) mass is 296 g/mol. The second-order valence-electron chi connectivity index (χ2n) is 4.04. The molecule has 5 nitrogen and oxygen atoms in total. The van der Waals surface area contributed by atoms with E-state index < -0.39 is 0 Å². The van der Waals surface area contributed by atoms with Gasteiger partial charge < -0.3 is 4.52 Å². The number of halogens is 2. The van der Waals surface area contributed by atoms with Crippen LogP contribution in [0.25, 0.3) is 11.5 Å². The van der Waals surface area contributed by atoms with Crippen molar-refractivity contribution in [2.24, 2.45) is 0 Å². The summed E-state index contributed by atoms with van der Waals surface area (Å²) in [5.74, 6) is 0.811. The lowest BCUT2D eigenvalue weighted by Crippen LogP contribution is -1.94. The third-order valence-corrected chi connectivity index (χ3v) is 3.07. The Hall–Kier alpha value is -1.64. The number of hydrogen-bond acceptors (Lipinski definition) is 5. The molecule has 19 heavy (non-hydrogen) atoms. The van der Waals surface area contributed by atoms with Gasteiger partial charge in [0.05, 0.1) is 16.1 Å². The van der Waals surface area contributed by atoms with Crippen LogP contribution in [0.5, 0.6) is 0 Å². The van der Waals surface area contributed by atoms with Crippen LogP contribution in [0.15, 0.2) is 16.8 Å². The van der Waals surface area contributed by atoms with Crippen LogP contribution in [0.2, 0.25) is 10.0 Å². The largest absolute Gasteiger partial charge is 0.339 e. The van der Waals surface area contributed by atoms with Gasteiger partial charge in [-0.2, -0.15) is 10.2 Å². The van der Waals surface area contributed by atoms with Crippen LogP contribution in [-0.2, 0) is 0 Å². The minimum absolute atomic E-state index is 0.0203. The van der Waals surface area contributed by atoms with Gasteiger partial charge in [0.1, 0.15) is 5.69 Å². The lowest BCUT2D eigenvalue weighted by Gasteiger charge is -2.01. The van der Waals surface area contributed by atoms with Crippen LogP contribution in [0, 0.1) is 11.3 Å². The average Bonchev–Trinajstić information content (AvgIpc) is 2.85. The molecule has 2 heterocycles. The molecule has 1 atom stereocenters. The summed E-state index contributed by atoms with van der Waals surface area (Å²) in [5.41, 5.74) is 0.425. The van der Waals surface area contributed by atoms with Gasteiger partial charge in [-0.3, -0.25) is 0 Å². The molecule has 0 aliphatic carbocycles. The molecule has 0 bridgehead atoms. The van der Waals surface area contributed by atoms with E-state index in [4.69, 9.17) is 33.0 Å². The van der Waals surface area contributed by atoms with E-state index in [2.05, 4.69) is 21.2 Å². The van der Waals surface area contributed by atoms with Gasteiger partial charge in [-0.25, -0.2) is 4.98 Å². The van der Waals surface area contributed by atoms with Crippen molar-refractivity contribution in [3.05, 3.63) is 28.2 Å². The van der Waals surface area contributed by atoms with E-state index in [9.17, 15) is 0 Å². The van der Waals surface area contributed by atoms with E-state index in [0.29, 0.717) is 40.3 Å². The van der Waals surface area contributed by atoms with E-state index in [-0.39, 0.29) is 5.92 Å². The Morgan fingerprint density at radius 3 is 2.95 bits per heavy atom. The molecule has 0 spiro atoms. The topological polar surface area (TPSA) is 75.6 Å². The van der Waals surface area contributed by atoms with Crippen LogP contribution < -0.4 is 0 Å². The summed E-state index contributed by atoms with van der Waals surface area (Å²) in [7, 11) is 0. The third-order valence-electron chi connectivity index (χ3n) is 2.57. The first-order chi connectivity index (χ1) is 9.11. The van der Waals surface area contributed by atoms with Crippen molar-refractivity contribution in [3.63, 3.8) is 0 Å². The molecule has 0 aliphatic heterocycles. The molecule has 1 unspecified atom stereocenters. The molecule has 2 aromatic heterocycles. The van der Waals surface area contributed by atoms with Crippen LogP contribution in [-0.4, -0.2) is 15.1 Å². The Morgan fingerprint density at radius 1 is 1.47 bits per heavy atom. The Morgan fingerprint density at radius 2 is 2.26 bits per heavy atom. The molecular formula is C12H10Cl2N4O. The van der Waals surface area contributed by atoms with Gasteiger partial charge >= 0.3 is 0 Å². The van der Waals surface area contributed by atoms with Gasteiger partial charge in [0.15, 0.2) is 0 Å². The summed E-state index contributed by atoms with van der Waals surface area (Å²) in [6.07, 6.45) is 2.58. The zero-order valence-electron chi connectivity index (χ0n) is 10.1. The number of nitriles is 1. The van der Waals surface area contributed by atoms with Crippen molar-refractivity contribution in [2.75, 3.05) is 0 Å². The Balaban J connectivity index is 2.23. The molecular weight excluding hydrogens is 287 g/mol. The minimum atomic E-state index is 0.0203. The zero-order chi connectivity index (χ0) is 13.8. The van der Waals surface area contributed by atoms with Gasteiger partial charge in [-0.15, -0.1) is 0 Å². The number of pyridine rings is 1. The van der Waals surface area contributed by atoms with Crippen LogP contribution >= 0.6 is 23.2 Å². The molecule has 0 fully saturated rings. The summed E-state index contributed by atoms with van der Waals surface area (Å²) in [5, 5.41) is 13.2. The molecule has 0 aliphatic rings. The molecule has 0 saturated heterocycles. The first-order valence-electron chi connectivity index (χ1n) is 5.63. The summed E-state index contributed by atoms with van der Waals surface area (Å²) < 4.78 is 5.16. The maximum atomic E-state index is 8.55. The van der Waals surface area contributed by atoms with Gasteiger partial charge in [0, 0.05) is 18.5 Å². The number of nitrogens with zero attached hydrogens (tertiary/aromatic N) is 4. The quantitative estimate of drug-likeness (QED) is 0.856. The lowest BCUT2D eigenvalue weighted by molar-refractivity contribution is 0.355. The van der Waals surface area contributed by atoms with E-state index in [1.807, 2.05) is 6.92 Å². The highest BCUT2D eigenvalue weighted by atomic mass is 35.5. The van der Waals surface area contributed by atoms with Crippen LogP contribution in [0.1, 0.15) is 31.6 Å². The predicted octanol–water partition coefficient (Wildman–Crippen LogP) is 3.85. The first-order valence-corrected chi connectivity index (χ1v) is 6.39. The van der Waals surface area contributed by atoms with Crippen molar-refractivity contribution >= 4 is 23.2 Å². The Labute approximate surface area is 120 Å². The van der Waals surface area contributed by atoms with E-state index in [1.54, 1.807) is 6.07 Å². The normalized spacial score (nSPS) is 12.1. The van der Waals surface area contributed by atoms with E-state index in [0.717, 1.165) is 0 Å². The zero-order valence-corrected chi connectivity index (χ0v) is 11.6. The maximum Gasteiger partial charge on any atom is 0.229 e. The highest BCUT2D eigenvalue weighted by Gasteiger charge is 2.17. The number of rotatable bonds is 4. The number of hydrogen-bond donors (Lipinski definition) is 0. The highest BCUT2D eigenvalue weighted by Crippen LogP contribution is 2.27. The standard InChI is InChI=1S/C12H10Cl2N4O/c1-7(3-2-4-15)12-17-11(18-19-12)10-9(14)5-8(13)6-16-10/h5-7H,2-3H2,1H3. The highest BCUT2D eigenvalue weighted by molar-refractivity contribution is 6.35. The van der Waals surface area contributed by atoms with Crippen molar-refractivity contribution < 1.29 is 4.52 Å². The molecule has 2 aromatic rings. The molecule has 0 N–H and O–H groups in total. The molecule has 7 heteroatoms. The average molecular weight is 297 g/mol. The first kappa shape index (κ1) is 13.8. The van der Waals surface area contributed by atoms with Crippen LogP contribution in [0.3, 0.4) is 0 Å². The van der Waals surface area contributed by atoms with Gasteiger partial charge in [0.25, 0.3) is 0 Å². The molecule has 0 radical (unpaired) electrons. The van der Waals surface area contributed by atoms with Gasteiger partial charge in [0.2, 0.25) is 11.7 Å². The molecule has 0 amide bonds. The fourth-order valence-electron chi connectivity index (χ4n) is 1.52. The SMILES string of the molecule is CC(CCC#N)c1nc(-c2ncc(Cl)cc2Cl)no1. The fraction of sp³-hybridized carbons (Fsp3) is 0.333. The summed E-state index contributed by atoms with van der Waals surface area (Å²) in [6, 6.07) is 3.65. The van der Waals surface area contributed by atoms with Crippen molar-refractivity contribution in [3.8, 4) is 17.6 Å². The molecule has 0 saturated carbocycles. The molecule has 2 rings (SSSR count). The van der Waals surface area contributed by atoms with Gasteiger partial charge in [-0.1, -0.05) is 35.3 Å². The summed E-state index contributed by atoms with van der Waals surface area (Å²) in [6.45, 7) is 1.92. The van der Waals surface area contributed by atoms with Crippen molar-refractivity contribution in [2.45, 2.75) is 25.7 Å². The summed E-state index contributed by atoms with van der Waals surface area (Å²) >= 11 is 11.8. The maximum absolute atomic E-state index is 8.55. The van der Waals surface area contributed by atoms with E-state index in [1.165, 1.54) is 6.20 Å².